The van der Waals surface area contributed by atoms with Gasteiger partial charge in [-0.2, -0.15) is 14.6 Å². The molecule has 0 aliphatic carbocycles. The van der Waals surface area contributed by atoms with Crippen LogP contribution in [0.4, 0.5) is 5.82 Å². The quantitative estimate of drug-likeness (QED) is 0.678. The number of fused-ring (bicyclic) bond motifs is 4. The molecule has 2 aromatic heterocycles. The van der Waals surface area contributed by atoms with E-state index in [1.165, 1.54) is 10.8 Å². The molecule has 2 N–H and O–H groups in total. The highest BCUT2D eigenvalue weighted by molar-refractivity contribution is 5.94. The van der Waals surface area contributed by atoms with Gasteiger partial charge < -0.3 is 14.8 Å². The average Bonchev–Trinajstić information content (AvgIpc) is 3.21. The molecule has 0 fully saturated rings. The van der Waals surface area contributed by atoms with E-state index in [-0.39, 0.29) is 30.5 Å². The highest BCUT2D eigenvalue weighted by Gasteiger charge is 2.32. The number of amides is 1. The van der Waals surface area contributed by atoms with Crippen LogP contribution in [0.2, 0.25) is 0 Å². The number of H-pyrrole nitrogens is 1. The van der Waals surface area contributed by atoms with E-state index in [4.69, 9.17) is 9.47 Å². The maximum absolute atomic E-state index is 12.6. The number of nitrogens with one attached hydrogen (secondary N) is 2. The molecule has 120 valence electrons. The maximum Gasteiger partial charge on any atom is 0.258 e. The predicted molar refractivity (Wildman–Crippen MR) is 81.3 cm³/mol. The first-order valence-electron chi connectivity index (χ1n) is 7.36. The Labute approximate surface area is 134 Å². The lowest BCUT2D eigenvalue weighted by Gasteiger charge is -2.25. The van der Waals surface area contributed by atoms with Crippen LogP contribution in [0.1, 0.15) is 23.5 Å². The Kier molecular flexibility index (Phi) is 2.50. The van der Waals surface area contributed by atoms with Gasteiger partial charge in [-0.05, 0) is 17.7 Å². The molecule has 1 unspecified atom stereocenters. The monoisotopic (exact) mass is 325 g/mol. The summed E-state index contributed by atoms with van der Waals surface area (Å²) in [5.41, 5.74) is 0.958. The first kappa shape index (κ1) is 13.1. The Morgan fingerprint density at radius 3 is 3.00 bits per heavy atom. The lowest BCUT2D eigenvalue weighted by atomic mass is 9.86. The second kappa shape index (κ2) is 4.57. The van der Waals surface area contributed by atoms with Crippen LogP contribution < -0.4 is 20.3 Å². The average molecular weight is 325 g/mol. The standard InChI is InChI=1S/C15H11N5O4/c21-11-4-8(7-1-2-9-10(3-7)24-6-23-9)12-13(18-11)20-15(16-5-17-20)19-14(12)22/h1-3,5,8H,4,6H2,(H,18,21)(H,16,17,19,22). The molecule has 0 saturated carbocycles. The molecule has 3 aromatic rings. The third-order valence-electron chi connectivity index (χ3n) is 4.28. The second-order valence-electron chi connectivity index (χ2n) is 5.63. The summed E-state index contributed by atoms with van der Waals surface area (Å²) in [6.45, 7) is 0.167. The van der Waals surface area contributed by atoms with Crippen LogP contribution in [0, 0.1) is 0 Å². The van der Waals surface area contributed by atoms with E-state index < -0.39 is 5.92 Å². The van der Waals surface area contributed by atoms with Crippen molar-refractivity contribution in [3.05, 3.63) is 46.0 Å². The van der Waals surface area contributed by atoms with Crippen molar-refractivity contribution in [2.45, 2.75) is 12.3 Å². The van der Waals surface area contributed by atoms with Crippen molar-refractivity contribution in [1.82, 2.24) is 19.6 Å². The van der Waals surface area contributed by atoms with Crippen molar-refractivity contribution in [1.29, 1.82) is 0 Å². The predicted octanol–water partition coefficient (Wildman–Crippen LogP) is 0.620. The van der Waals surface area contributed by atoms with Crippen molar-refractivity contribution in [3.63, 3.8) is 0 Å². The number of anilines is 1. The minimum Gasteiger partial charge on any atom is -0.454 e. The molecule has 4 heterocycles. The van der Waals surface area contributed by atoms with Gasteiger partial charge in [0.25, 0.3) is 5.56 Å². The maximum atomic E-state index is 12.6. The van der Waals surface area contributed by atoms with E-state index in [0.717, 1.165) is 5.56 Å². The number of carbonyl (C=O) groups excluding carboxylic acids is 1. The zero-order valence-corrected chi connectivity index (χ0v) is 12.3. The molecule has 2 aliphatic heterocycles. The van der Waals surface area contributed by atoms with Crippen LogP contribution in [-0.2, 0) is 4.79 Å². The molecule has 9 heteroatoms. The molecular weight excluding hydrogens is 314 g/mol. The van der Waals surface area contributed by atoms with Crippen LogP contribution in [0.25, 0.3) is 5.78 Å². The van der Waals surface area contributed by atoms with Gasteiger partial charge in [-0.15, -0.1) is 0 Å². The van der Waals surface area contributed by atoms with E-state index >= 15 is 0 Å². The molecule has 2 aliphatic rings. The van der Waals surface area contributed by atoms with Crippen molar-refractivity contribution >= 4 is 17.5 Å². The molecule has 5 rings (SSSR count). The second-order valence-corrected chi connectivity index (χ2v) is 5.63. The zero-order chi connectivity index (χ0) is 16.3. The summed E-state index contributed by atoms with van der Waals surface area (Å²) >= 11 is 0. The van der Waals surface area contributed by atoms with Gasteiger partial charge in [0, 0.05) is 12.3 Å². The lowest BCUT2D eigenvalue weighted by Crippen LogP contribution is -2.32. The molecule has 0 bridgehead atoms. The highest BCUT2D eigenvalue weighted by atomic mass is 16.7. The smallest absolute Gasteiger partial charge is 0.258 e. The molecule has 0 radical (unpaired) electrons. The third kappa shape index (κ3) is 1.75. The van der Waals surface area contributed by atoms with Gasteiger partial charge in [-0.25, -0.2) is 0 Å². The van der Waals surface area contributed by atoms with Crippen LogP contribution >= 0.6 is 0 Å². The molecule has 0 spiro atoms. The number of nitrogens with zero attached hydrogens (tertiary/aromatic N) is 3. The van der Waals surface area contributed by atoms with E-state index in [1.807, 2.05) is 6.07 Å². The summed E-state index contributed by atoms with van der Waals surface area (Å²) in [6, 6.07) is 5.43. The van der Waals surface area contributed by atoms with Crippen molar-refractivity contribution in [2.75, 3.05) is 12.1 Å². The number of carbonyl (C=O) groups is 1. The van der Waals surface area contributed by atoms with Gasteiger partial charge in [0.1, 0.15) is 12.1 Å². The van der Waals surface area contributed by atoms with E-state index in [1.54, 1.807) is 12.1 Å². The van der Waals surface area contributed by atoms with Gasteiger partial charge in [-0.1, -0.05) is 6.07 Å². The van der Waals surface area contributed by atoms with E-state index in [0.29, 0.717) is 22.9 Å². The fourth-order valence-electron chi connectivity index (χ4n) is 3.21. The van der Waals surface area contributed by atoms with Crippen molar-refractivity contribution in [3.8, 4) is 11.5 Å². The topological polar surface area (TPSA) is 111 Å². The zero-order valence-electron chi connectivity index (χ0n) is 12.3. The molecule has 1 aromatic carbocycles. The Balaban J connectivity index is 1.74. The van der Waals surface area contributed by atoms with Crippen molar-refractivity contribution in [2.24, 2.45) is 0 Å². The first-order chi connectivity index (χ1) is 11.7. The summed E-state index contributed by atoms with van der Waals surface area (Å²) in [7, 11) is 0. The Hall–Kier alpha value is -3.36. The number of rotatable bonds is 1. The molecular formula is C15H11N5O4. The Morgan fingerprint density at radius 2 is 2.08 bits per heavy atom. The molecule has 1 atom stereocenters. The van der Waals surface area contributed by atoms with Gasteiger partial charge in [0.05, 0.1) is 5.56 Å². The summed E-state index contributed by atoms with van der Waals surface area (Å²) < 4.78 is 12.1. The Bertz CT molecular complexity index is 1050. The molecule has 24 heavy (non-hydrogen) atoms. The highest BCUT2D eigenvalue weighted by Crippen LogP contribution is 2.39. The minimum absolute atomic E-state index is 0.163. The van der Waals surface area contributed by atoms with Gasteiger partial charge in [-0.3, -0.25) is 14.6 Å². The Morgan fingerprint density at radius 1 is 1.21 bits per heavy atom. The van der Waals surface area contributed by atoms with Crippen LogP contribution in [0.3, 0.4) is 0 Å². The molecule has 1 amide bonds. The number of aromatic amines is 1. The summed E-state index contributed by atoms with van der Waals surface area (Å²) in [5, 5.41) is 6.80. The third-order valence-corrected chi connectivity index (χ3v) is 4.28. The SMILES string of the molecule is O=C1CC(c2ccc3c(c2)OCO3)c2c(n3ncnc3[nH]c2=O)N1. The van der Waals surface area contributed by atoms with Gasteiger partial charge in [0.15, 0.2) is 11.5 Å². The van der Waals surface area contributed by atoms with Crippen LogP contribution in [-0.4, -0.2) is 32.3 Å². The van der Waals surface area contributed by atoms with Crippen LogP contribution in [0.15, 0.2) is 29.3 Å². The summed E-state index contributed by atoms with van der Waals surface area (Å²) in [6.07, 6.45) is 1.48. The van der Waals surface area contributed by atoms with Crippen LogP contribution in [0.5, 0.6) is 11.5 Å². The number of aromatic nitrogens is 4. The molecule has 9 nitrogen and oxygen atoms in total. The largest absolute Gasteiger partial charge is 0.454 e. The number of benzene rings is 1. The number of hydrogen-bond acceptors (Lipinski definition) is 6. The minimum atomic E-state index is -0.402. The fourth-order valence-corrected chi connectivity index (χ4v) is 3.21. The normalized spacial score (nSPS) is 18.5. The number of ether oxygens (including phenoxy) is 2. The molecule has 0 saturated heterocycles. The van der Waals surface area contributed by atoms with Gasteiger partial charge >= 0.3 is 0 Å². The first-order valence-corrected chi connectivity index (χ1v) is 7.36. The summed E-state index contributed by atoms with van der Waals surface area (Å²) in [5.74, 6) is 1.31. The fraction of sp³-hybridized carbons (Fsp3) is 0.200. The van der Waals surface area contributed by atoms with E-state index in [9.17, 15) is 9.59 Å². The van der Waals surface area contributed by atoms with Gasteiger partial charge in [0.2, 0.25) is 18.5 Å². The van der Waals surface area contributed by atoms with E-state index in [2.05, 4.69) is 20.4 Å². The summed E-state index contributed by atoms with van der Waals surface area (Å²) in [4.78, 5) is 31.4. The van der Waals surface area contributed by atoms with Crippen molar-refractivity contribution < 1.29 is 14.3 Å². The number of hydrogen-bond donors (Lipinski definition) is 2. The lowest BCUT2D eigenvalue weighted by molar-refractivity contribution is -0.116.